The van der Waals surface area contributed by atoms with Crippen LogP contribution in [-0.4, -0.2) is 47.0 Å². The van der Waals surface area contributed by atoms with Crippen LogP contribution in [0.1, 0.15) is 27.2 Å². The maximum Gasteiger partial charge on any atom is 0.501 e. The number of imide groups is 1. The highest BCUT2D eigenvalue weighted by atomic mass is 28.4. The van der Waals surface area contributed by atoms with E-state index < -0.39 is 8.80 Å². The van der Waals surface area contributed by atoms with Gasteiger partial charge < -0.3 is 18.0 Å². The van der Waals surface area contributed by atoms with Crippen molar-refractivity contribution in [3.05, 3.63) is 36.4 Å². The molecule has 1 aliphatic heterocycles. The summed E-state index contributed by atoms with van der Waals surface area (Å²) in [6.07, 6.45) is 3.26. The summed E-state index contributed by atoms with van der Waals surface area (Å²) < 4.78 is 23.2. The van der Waals surface area contributed by atoms with Gasteiger partial charge in [-0.25, -0.2) is 4.90 Å². The molecule has 0 aromatic heterocycles. The van der Waals surface area contributed by atoms with Crippen LogP contribution >= 0.6 is 0 Å². The number of hydrogen-bond donors (Lipinski definition) is 0. The van der Waals surface area contributed by atoms with Crippen molar-refractivity contribution in [1.29, 1.82) is 0 Å². The first-order valence-electron chi connectivity index (χ1n) is 9.26. The highest BCUT2D eigenvalue weighted by molar-refractivity contribution is 6.60. The molecule has 2 rings (SSSR count). The van der Waals surface area contributed by atoms with Gasteiger partial charge in [-0.1, -0.05) is 0 Å². The lowest BCUT2D eigenvalue weighted by molar-refractivity contribution is -0.119. The lowest BCUT2D eigenvalue weighted by Gasteiger charge is -2.28. The van der Waals surface area contributed by atoms with Crippen LogP contribution in [0.25, 0.3) is 0 Å². The van der Waals surface area contributed by atoms with Gasteiger partial charge in [0.1, 0.15) is 5.75 Å². The van der Waals surface area contributed by atoms with Crippen molar-refractivity contribution in [2.24, 2.45) is 0 Å². The SMILES string of the molecule is CCO[Si](CCCOc1ccc(N2C(=O)C=CC2=O)cc1)(OCC)OCC. The molecule has 0 spiro atoms. The highest BCUT2D eigenvalue weighted by Gasteiger charge is 2.39. The molecule has 0 fully saturated rings. The van der Waals surface area contributed by atoms with E-state index in [4.69, 9.17) is 18.0 Å². The molecule has 1 heterocycles. The van der Waals surface area contributed by atoms with Crippen molar-refractivity contribution in [3.63, 3.8) is 0 Å². The molecule has 1 aliphatic rings. The standard InChI is InChI=1S/C19H27NO6Si/c1-4-24-27(25-5-2,26-6-3)15-7-14-23-17-10-8-16(9-11-17)20-18(21)12-13-19(20)22/h8-13H,4-7,14-15H2,1-3H3. The molecule has 0 unspecified atom stereocenters. The number of hydrogen-bond acceptors (Lipinski definition) is 6. The average Bonchev–Trinajstić information content (AvgIpc) is 2.99. The second-order valence-corrected chi connectivity index (χ2v) is 8.51. The van der Waals surface area contributed by atoms with Crippen LogP contribution in [0.4, 0.5) is 5.69 Å². The van der Waals surface area contributed by atoms with Gasteiger partial charge in [-0.15, -0.1) is 0 Å². The van der Waals surface area contributed by atoms with Gasteiger partial charge in [0.2, 0.25) is 0 Å². The molecule has 0 aliphatic carbocycles. The predicted octanol–water partition coefficient (Wildman–Crippen LogP) is 2.93. The molecule has 148 valence electrons. The van der Waals surface area contributed by atoms with Crippen molar-refractivity contribution < 1.29 is 27.6 Å². The third-order valence-corrected chi connectivity index (χ3v) is 7.04. The van der Waals surface area contributed by atoms with E-state index in [1.54, 1.807) is 24.3 Å². The van der Waals surface area contributed by atoms with Crippen LogP contribution in [0, 0.1) is 0 Å². The molecule has 0 saturated carbocycles. The first kappa shape index (κ1) is 21.3. The van der Waals surface area contributed by atoms with Gasteiger partial charge >= 0.3 is 8.80 Å². The van der Waals surface area contributed by atoms with Crippen LogP contribution in [0.5, 0.6) is 5.75 Å². The van der Waals surface area contributed by atoms with Gasteiger partial charge in [0.25, 0.3) is 11.8 Å². The van der Waals surface area contributed by atoms with E-state index in [0.29, 0.717) is 43.9 Å². The van der Waals surface area contributed by atoms with Crippen LogP contribution < -0.4 is 9.64 Å². The van der Waals surface area contributed by atoms with E-state index >= 15 is 0 Å². The third kappa shape index (κ3) is 5.73. The van der Waals surface area contributed by atoms with Crippen LogP contribution in [0.3, 0.4) is 0 Å². The van der Waals surface area contributed by atoms with E-state index in [2.05, 4.69) is 0 Å². The number of benzene rings is 1. The summed E-state index contributed by atoms with van der Waals surface area (Å²) in [5.74, 6) is -0.00206. The summed E-state index contributed by atoms with van der Waals surface area (Å²) in [5, 5.41) is 0. The summed E-state index contributed by atoms with van der Waals surface area (Å²) in [5.41, 5.74) is 0.526. The third-order valence-electron chi connectivity index (χ3n) is 3.89. The molecule has 0 bridgehead atoms. The molecule has 7 nitrogen and oxygen atoms in total. The minimum absolute atomic E-state index is 0.335. The maximum atomic E-state index is 11.7. The van der Waals surface area contributed by atoms with Crippen molar-refractivity contribution in [2.75, 3.05) is 31.3 Å². The Labute approximate surface area is 161 Å². The molecular weight excluding hydrogens is 366 g/mol. The zero-order valence-electron chi connectivity index (χ0n) is 16.1. The second-order valence-electron chi connectivity index (χ2n) is 5.77. The quantitative estimate of drug-likeness (QED) is 0.309. The van der Waals surface area contributed by atoms with E-state index in [9.17, 15) is 9.59 Å². The van der Waals surface area contributed by atoms with Crippen molar-refractivity contribution in [2.45, 2.75) is 33.2 Å². The summed E-state index contributed by atoms with van der Waals surface area (Å²) >= 11 is 0. The number of nitrogens with zero attached hydrogens (tertiary/aromatic N) is 1. The van der Waals surface area contributed by atoms with Crippen molar-refractivity contribution in [3.8, 4) is 5.75 Å². The largest absolute Gasteiger partial charge is 0.501 e. The zero-order valence-corrected chi connectivity index (χ0v) is 17.1. The molecule has 1 aromatic rings. The lowest BCUT2D eigenvalue weighted by Crippen LogP contribution is -2.46. The van der Waals surface area contributed by atoms with Gasteiger partial charge in [-0.3, -0.25) is 9.59 Å². The molecule has 0 saturated heterocycles. The first-order chi connectivity index (χ1) is 13.0. The van der Waals surface area contributed by atoms with Crippen LogP contribution in [0.15, 0.2) is 36.4 Å². The number of ether oxygens (including phenoxy) is 1. The topological polar surface area (TPSA) is 74.3 Å². The van der Waals surface area contributed by atoms with Crippen molar-refractivity contribution >= 4 is 26.3 Å². The smallest absolute Gasteiger partial charge is 0.494 e. The van der Waals surface area contributed by atoms with Crippen LogP contribution in [0.2, 0.25) is 6.04 Å². The van der Waals surface area contributed by atoms with Crippen molar-refractivity contribution in [1.82, 2.24) is 0 Å². The Bertz CT molecular complexity index is 626. The van der Waals surface area contributed by atoms with E-state index in [-0.39, 0.29) is 11.8 Å². The summed E-state index contributed by atoms with van der Waals surface area (Å²) in [7, 11) is -2.64. The minimum Gasteiger partial charge on any atom is -0.494 e. The Morgan fingerprint density at radius 1 is 0.852 bits per heavy atom. The monoisotopic (exact) mass is 393 g/mol. The Morgan fingerprint density at radius 3 is 1.85 bits per heavy atom. The lowest BCUT2D eigenvalue weighted by atomic mass is 10.2. The summed E-state index contributed by atoms with van der Waals surface area (Å²) in [6.45, 7) is 7.95. The van der Waals surface area contributed by atoms with Gasteiger partial charge in [0, 0.05) is 38.0 Å². The minimum atomic E-state index is -2.64. The van der Waals surface area contributed by atoms with Gasteiger partial charge in [-0.2, -0.15) is 0 Å². The number of anilines is 1. The molecule has 27 heavy (non-hydrogen) atoms. The predicted molar refractivity (Wildman–Crippen MR) is 104 cm³/mol. The normalized spacial score (nSPS) is 14.3. The molecule has 2 amide bonds. The molecular formula is C19H27NO6Si. The molecule has 8 heteroatoms. The van der Waals surface area contributed by atoms with Gasteiger partial charge in [-0.05, 0) is 51.5 Å². The number of carbonyl (C=O) groups is 2. The fraction of sp³-hybridized carbons (Fsp3) is 0.474. The number of amides is 2. The Balaban J connectivity index is 1.85. The second kappa shape index (κ2) is 10.4. The van der Waals surface area contributed by atoms with E-state index in [1.807, 2.05) is 20.8 Å². The fourth-order valence-corrected chi connectivity index (χ4v) is 5.41. The molecule has 1 aromatic carbocycles. The van der Waals surface area contributed by atoms with Gasteiger partial charge in [0.15, 0.2) is 0 Å². The summed E-state index contributed by atoms with van der Waals surface area (Å²) in [6, 6.07) is 7.55. The molecule has 0 radical (unpaired) electrons. The first-order valence-corrected chi connectivity index (χ1v) is 11.2. The Morgan fingerprint density at radius 2 is 1.37 bits per heavy atom. The maximum absolute atomic E-state index is 11.7. The molecule has 0 atom stereocenters. The highest BCUT2D eigenvalue weighted by Crippen LogP contribution is 2.23. The number of rotatable bonds is 12. The average molecular weight is 394 g/mol. The van der Waals surface area contributed by atoms with Crippen LogP contribution in [-0.2, 0) is 22.9 Å². The van der Waals surface area contributed by atoms with Gasteiger partial charge in [0.05, 0.1) is 12.3 Å². The fourth-order valence-electron chi connectivity index (χ4n) is 2.83. The Hall–Kier alpha value is -2.00. The number of carbonyl (C=O) groups excluding carboxylic acids is 2. The van der Waals surface area contributed by atoms with E-state index in [1.165, 1.54) is 12.2 Å². The Kier molecular flexibility index (Phi) is 8.17. The van der Waals surface area contributed by atoms with E-state index in [0.717, 1.165) is 11.3 Å². The summed E-state index contributed by atoms with van der Waals surface area (Å²) in [4.78, 5) is 24.5. The molecule has 0 N–H and O–H groups in total. The zero-order chi connectivity index (χ0) is 19.7.